The summed E-state index contributed by atoms with van der Waals surface area (Å²) in [6.45, 7) is -0.191. The quantitative estimate of drug-likeness (QED) is 0.736. The smallest absolute Gasteiger partial charge is 0.262 e. The van der Waals surface area contributed by atoms with Crippen LogP contribution in [0.25, 0.3) is 0 Å². The third kappa shape index (κ3) is 4.96. The molecule has 0 atom stereocenters. The van der Waals surface area contributed by atoms with E-state index in [0.717, 1.165) is 12.8 Å². The summed E-state index contributed by atoms with van der Waals surface area (Å²) in [5, 5.41) is 2.64. The third-order valence-electron chi connectivity index (χ3n) is 3.76. The molecule has 3 rings (SSSR count). The molecule has 0 bridgehead atoms. The minimum absolute atomic E-state index is 0.0242. The molecule has 26 heavy (non-hydrogen) atoms. The van der Waals surface area contributed by atoms with Gasteiger partial charge in [-0.15, -0.1) is 0 Å². The number of benzene rings is 2. The number of hydrogen-bond acceptors (Lipinski definition) is 5. The summed E-state index contributed by atoms with van der Waals surface area (Å²) >= 11 is 0. The predicted octanol–water partition coefficient (Wildman–Crippen LogP) is 2.15. The van der Waals surface area contributed by atoms with Crippen LogP contribution in [0.1, 0.15) is 12.8 Å². The second-order valence-electron chi connectivity index (χ2n) is 5.94. The first kappa shape index (κ1) is 18.2. The van der Waals surface area contributed by atoms with E-state index in [-0.39, 0.29) is 23.5 Å². The van der Waals surface area contributed by atoms with E-state index in [1.165, 1.54) is 12.1 Å². The molecule has 1 amide bonds. The van der Waals surface area contributed by atoms with E-state index in [1.54, 1.807) is 43.5 Å². The van der Waals surface area contributed by atoms with Gasteiger partial charge in [0.1, 0.15) is 11.5 Å². The van der Waals surface area contributed by atoms with Crippen molar-refractivity contribution in [2.24, 2.45) is 0 Å². The van der Waals surface area contributed by atoms with Gasteiger partial charge in [0.25, 0.3) is 5.91 Å². The Bertz CT molecular complexity index is 877. The van der Waals surface area contributed by atoms with Gasteiger partial charge in [-0.3, -0.25) is 4.79 Å². The number of rotatable bonds is 8. The van der Waals surface area contributed by atoms with Crippen molar-refractivity contribution in [3.63, 3.8) is 0 Å². The average molecular weight is 376 g/mol. The first-order chi connectivity index (χ1) is 12.5. The van der Waals surface area contributed by atoms with Gasteiger partial charge in [-0.1, -0.05) is 6.07 Å². The second-order valence-corrected chi connectivity index (χ2v) is 7.65. The fraction of sp³-hybridized carbons (Fsp3) is 0.278. The Balaban J connectivity index is 1.57. The van der Waals surface area contributed by atoms with Crippen molar-refractivity contribution < 1.29 is 22.7 Å². The van der Waals surface area contributed by atoms with Gasteiger partial charge < -0.3 is 14.8 Å². The number of sulfonamides is 1. The fourth-order valence-electron chi connectivity index (χ4n) is 2.25. The largest absolute Gasteiger partial charge is 0.497 e. The molecule has 1 fully saturated rings. The number of anilines is 1. The molecule has 1 aliphatic rings. The highest BCUT2D eigenvalue weighted by Gasteiger charge is 2.28. The van der Waals surface area contributed by atoms with Gasteiger partial charge in [0.2, 0.25) is 10.0 Å². The highest BCUT2D eigenvalue weighted by molar-refractivity contribution is 7.89. The molecule has 7 nitrogen and oxygen atoms in total. The number of hydrogen-bond donors (Lipinski definition) is 2. The SMILES string of the molecule is COc1ccc(OCC(=O)Nc2cccc(S(=O)(=O)NC3CC3)c2)cc1. The van der Waals surface area contributed by atoms with Gasteiger partial charge in [-0.2, -0.15) is 0 Å². The van der Waals surface area contributed by atoms with Gasteiger partial charge in [-0.25, -0.2) is 13.1 Å². The van der Waals surface area contributed by atoms with Gasteiger partial charge >= 0.3 is 0 Å². The minimum atomic E-state index is -3.56. The van der Waals surface area contributed by atoms with Crippen molar-refractivity contribution in [2.75, 3.05) is 19.0 Å². The first-order valence-electron chi connectivity index (χ1n) is 8.15. The summed E-state index contributed by atoms with van der Waals surface area (Å²) in [5.41, 5.74) is 0.395. The van der Waals surface area contributed by atoms with Crippen LogP contribution < -0.4 is 19.5 Å². The Morgan fingerprint density at radius 2 is 1.81 bits per heavy atom. The van der Waals surface area contributed by atoms with E-state index in [2.05, 4.69) is 10.0 Å². The Labute approximate surface area is 152 Å². The Kier molecular flexibility index (Phi) is 5.43. The van der Waals surface area contributed by atoms with Gasteiger partial charge in [-0.05, 0) is 55.3 Å². The maximum absolute atomic E-state index is 12.2. The van der Waals surface area contributed by atoms with Gasteiger partial charge in [0.05, 0.1) is 12.0 Å². The van der Waals surface area contributed by atoms with Crippen molar-refractivity contribution >= 4 is 21.6 Å². The minimum Gasteiger partial charge on any atom is -0.497 e. The Morgan fingerprint density at radius 3 is 2.46 bits per heavy atom. The summed E-state index contributed by atoms with van der Waals surface area (Å²) in [6.07, 6.45) is 1.72. The molecule has 0 unspecified atom stereocenters. The van der Waals surface area contributed by atoms with Crippen LogP contribution in [0.4, 0.5) is 5.69 Å². The van der Waals surface area contributed by atoms with Crippen LogP contribution in [0.3, 0.4) is 0 Å². The maximum Gasteiger partial charge on any atom is 0.262 e. The standard InChI is InChI=1S/C18H20N2O5S/c1-24-15-7-9-16(10-8-15)25-12-18(21)19-14-3-2-4-17(11-14)26(22,23)20-13-5-6-13/h2-4,7-11,13,20H,5-6,12H2,1H3,(H,19,21). The van der Waals surface area contributed by atoms with Crippen molar-refractivity contribution in [3.05, 3.63) is 48.5 Å². The molecule has 8 heteroatoms. The molecule has 0 aromatic heterocycles. The van der Waals surface area contributed by atoms with Gasteiger partial charge in [0, 0.05) is 11.7 Å². The predicted molar refractivity (Wildman–Crippen MR) is 96.9 cm³/mol. The lowest BCUT2D eigenvalue weighted by Crippen LogP contribution is -2.26. The topological polar surface area (TPSA) is 93.7 Å². The van der Waals surface area contributed by atoms with E-state index >= 15 is 0 Å². The number of methoxy groups -OCH3 is 1. The summed E-state index contributed by atoms with van der Waals surface area (Å²) in [6, 6.07) is 13.0. The van der Waals surface area contributed by atoms with Crippen molar-refractivity contribution in [1.82, 2.24) is 4.72 Å². The zero-order valence-corrected chi connectivity index (χ0v) is 15.1. The molecule has 2 aromatic carbocycles. The number of amides is 1. The third-order valence-corrected chi connectivity index (χ3v) is 5.27. The molecular weight excluding hydrogens is 356 g/mol. The second kappa shape index (κ2) is 7.76. The molecule has 0 spiro atoms. The van der Waals surface area contributed by atoms with E-state index in [1.807, 2.05) is 0 Å². The Hall–Kier alpha value is -2.58. The molecule has 1 aliphatic carbocycles. The molecule has 1 saturated carbocycles. The zero-order chi connectivity index (χ0) is 18.6. The number of nitrogens with one attached hydrogen (secondary N) is 2. The van der Waals surface area contributed by atoms with Crippen molar-refractivity contribution in [3.8, 4) is 11.5 Å². The molecule has 2 aromatic rings. The van der Waals surface area contributed by atoms with Gasteiger partial charge in [0.15, 0.2) is 6.61 Å². The number of carbonyl (C=O) groups is 1. The molecule has 0 radical (unpaired) electrons. The molecule has 0 heterocycles. The summed E-state index contributed by atoms with van der Waals surface area (Å²) in [7, 11) is -1.99. The lowest BCUT2D eigenvalue weighted by molar-refractivity contribution is -0.118. The van der Waals surface area contributed by atoms with Crippen LogP contribution in [-0.2, 0) is 14.8 Å². The van der Waals surface area contributed by atoms with Crippen LogP contribution in [0.15, 0.2) is 53.4 Å². The monoisotopic (exact) mass is 376 g/mol. The lowest BCUT2D eigenvalue weighted by Gasteiger charge is -2.10. The summed E-state index contributed by atoms with van der Waals surface area (Å²) in [5.74, 6) is 0.844. The highest BCUT2D eigenvalue weighted by atomic mass is 32.2. The van der Waals surface area contributed by atoms with E-state index < -0.39 is 10.0 Å². The Morgan fingerprint density at radius 1 is 1.12 bits per heavy atom. The molecular formula is C18H20N2O5S. The normalized spacial score (nSPS) is 13.9. The zero-order valence-electron chi connectivity index (χ0n) is 14.3. The maximum atomic E-state index is 12.2. The van der Waals surface area contributed by atoms with Crippen molar-refractivity contribution in [2.45, 2.75) is 23.8 Å². The van der Waals surface area contributed by atoms with Crippen LogP contribution in [0, 0.1) is 0 Å². The number of ether oxygens (including phenoxy) is 2. The summed E-state index contributed by atoms with van der Waals surface area (Å²) < 4.78 is 37.5. The van der Waals surface area contributed by atoms with Crippen LogP contribution >= 0.6 is 0 Å². The van der Waals surface area contributed by atoms with Crippen LogP contribution in [-0.4, -0.2) is 34.1 Å². The molecule has 0 saturated heterocycles. The lowest BCUT2D eigenvalue weighted by atomic mass is 10.3. The first-order valence-corrected chi connectivity index (χ1v) is 9.64. The fourth-order valence-corrected chi connectivity index (χ4v) is 3.60. The van der Waals surface area contributed by atoms with E-state index in [0.29, 0.717) is 17.2 Å². The van der Waals surface area contributed by atoms with E-state index in [4.69, 9.17) is 9.47 Å². The van der Waals surface area contributed by atoms with Crippen LogP contribution in [0.2, 0.25) is 0 Å². The average Bonchev–Trinajstić information content (AvgIpc) is 3.44. The molecule has 2 N–H and O–H groups in total. The van der Waals surface area contributed by atoms with Crippen molar-refractivity contribution in [1.29, 1.82) is 0 Å². The molecule has 0 aliphatic heterocycles. The molecule has 138 valence electrons. The summed E-state index contributed by atoms with van der Waals surface area (Å²) in [4.78, 5) is 12.2. The highest BCUT2D eigenvalue weighted by Crippen LogP contribution is 2.23. The van der Waals surface area contributed by atoms with E-state index in [9.17, 15) is 13.2 Å². The van der Waals surface area contributed by atoms with Crippen LogP contribution in [0.5, 0.6) is 11.5 Å². The number of carbonyl (C=O) groups excluding carboxylic acids is 1.